The van der Waals surface area contributed by atoms with Gasteiger partial charge in [0.2, 0.25) is 5.91 Å². The van der Waals surface area contributed by atoms with Crippen molar-refractivity contribution in [3.8, 4) is 0 Å². The zero-order valence-electron chi connectivity index (χ0n) is 8.93. The first-order valence-corrected chi connectivity index (χ1v) is 4.91. The lowest BCUT2D eigenvalue weighted by Crippen LogP contribution is -2.49. The molecule has 0 aromatic carbocycles. The Morgan fingerprint density at radius 3 is 2.88 bits per heavy atom. The molecule has 7 heteroatoms. The molecular formula is C9H13N5O2. The largest absolute Gasteiger partial charge is 0.391 e. The van der Waals surface area contributed by atoms with Gasteiger partial charge in [0.25, 0.3) is 5.56 Å². The van der Waals surface area contributed by atoms with Gasteiger partial charge in [0.1, 0.15) is 5.69 Å². The zero-order valence-corrected chi connectivity index (χ0v) is 8.93. The van der Waals surface area contributed by atoms with Crippen LogP contribution in [0.15, 0.2) is 11.1 Å². The molecule has 0 unspecified atom stereocenters. The van der Waals surface area contributed by atoms with Crippen LogP contribution < -0.4 is 16.2 Å². The number of nitrogens with zero attached hydrogens (tertiary/aromatic N) is 3. The predicted octanol–water partition coefficient (Wildman–Crippen LogP) is -1.37. The molecule has 0 atom stereocenters. The van der Waals surface area contributed by atoms with Crippen LogP contribution in [0.1, 0.15) is 0 Å². The number of aromatic nitrogens is 2. The lowest BCUT2D eigenvalue weighted by molar-refractivity contribution is -0.129. The number of H-pyrrole nitrogens is 1. The number of carbonyl (C=O) groups excluding carboxylic acids is 1. The van der Waals surface area contributed by atoms with Crippen LogP contribution in [-0.4, -0.2) is 47.5 Å². The lowest BCUT2D eigenvalue weighted by atomic mass is 10.3. The number of hydrogen-bond donors (Lipinski definition) is 2. The second-order valence-corrected chi connectivity index (χ2v) is 3.71. The van der Waals surface area contributed by atoms with Crippen molar-refractivity contribution in [1.82, 2.24) is 14.9 Å². The van der Waals surface area contributed by atoms with Gasteiger partial charge in [-0.15, -0.1) is 0 Å². The number of nitrogens with one attached hydrogen (secondary N) is 1. The van der Waals surface area contributed by atoms with Crippen LogP contribution in [0.3, 0.4) is 0 Å². The van der Waals surface area contributed by atoms with E-state index < -0.39 is 0 Å². The lowest BCUT2D eigenvalue weighted by Gasteiger charge is -2.32. The van der Waals surface area contributed by atoms with E-state index in [-0.39, 0.29) is 23.7 Å². The first-order valence-electron chi connectivity index (χ1n) is 4.91. The van der Waals surface area contributed by atoms with Crippen molar-refractivity contribution in [2.24, 2.45) is 0 Å². The van der Waals surface area contributed by atoms with Gasteiger partial charge < -0.3 is 20.5 Å². The molecule has 0 radical (unpaired) electrons. The highest BCUT2D eigenvalue weighted by atomic mass is 16.2. The number of aromatic amines is 1. The molecular weight excluding hydrogens is 210 g/mol. The number of amides is 1. The molecule has 2 rings (SSSR count). The van der Waals surface area contributed by atoms with E-state index in [0.717, 1.165) is 0 Å². The Kier molecular flexibility index (Phi) is 2.51. The second-order valence-electron chi connectivity index (χ2n) is 3.71. The molecule has 1 aromatic heterocycles. The highest BCUT2D eigenvalue weighted by Crippen LogP contribution is 2.16. The van der Waals surface area contributed by atoms with Crippen molar-refractivity contribution in [1.29, 1.82) is 0 Å². The van der Waals surface area contributed by atoms with E-state index in [0.29, 0.717) is 18.9 Å². The minimum atomic E-state index is -0.378. The molecule has 1 aromatic rings. The number of piperazine rings is 1. The van der Waals surface area contributed by atoms with Gasteiger partial charge in [0, 0.05) is 20.1 Å². The summed E-state index contributed by atoms with van der Waals surface area (Å²) in [5.74, 6) is 0.373. The third-order valence-corrected chi connectivity index (χ3v) is 2.62. The number of nitrogens with two attached hydrogens (primary N) is 1. The summed E-state index contributed by atoms with van der Waals surface area (Å²) in [7, 11) is 1.74. The van der Waals surface area contributed by atoms with Crippen LogP contribution in [-0.2, 0) is 4.79 Å². The number of likely N-dealkylation sites (N-methyl/N-ethyl adjacent to an activating group) is 1. The second kappa shape index (κ2) is 3.84. The maximum atomic E-state index is 11.5. The Hall–Kier alpha value is -2.05. The average molecular weight is 223 g/mol. The van der Waals surface area contributed by atoms with Gasteiger partial charge >= 0.3 is 0 Å². The molecule has 1 aliphatic rings. The summed E-state index contributed by atoms with van der Waals surface area (Å²) in [5.41, 5.74) is 5.30. The number of hydrogen-bond acceptors (Lipinski definition) is 5. The van der Waals surface area contributed by atoms with Crippen LogP contribution in [0.25, 0.3) is 0 Å². The summed E-state index contributed by atoms with van der Waals surface area (Å²) < 4.78 is 0. The van der Waals surface area contributed by atoms with Crippen molar-refractivity contribution < 1.29 is 4.79 Å². The van der Waals surface area contributed by atoms with Crippen LogP contribution in [0.5, 0.6) is 0 Å². The van der Waals surface area contributed by atoms with Gasteiger partial charge in [-0.3, -0.25) is 9.59 Å². The topological polar surface area (TPSA) is 95.3 Å². The smallest absolute Gasteiger partial charge is 0.276 e. The zero-order chi connectivity index (χ0) is 11.7. The standard InChI is InChI=1S/C9H13N5O2/c1-13-2-3-14(4-6(13)15)8-7(10)9(16)12-5-11-8/h5H,2-4,10H2,1H3,(H,11,12,16). The van der Waals surface area contributed by atoms with Crippen molar-refractivity contribution in [3.05, 3.63) is 16.7 Å². The summed E-state index contributed by atoms with van der Waals surface area (Å²) in [6, 6.07) is 0. The van der Waals surface area contributed by atoms with E-state index in [1.165, 1.54) is 6.33 Å². The molecule has 1 aliphatic heterocycles. The quantitative estimate of drug-likeness (QED) is 0.612. The number of carbonyl (C=O) groups is 1. The first-order chi connectivity index (χ1) is 7.59. The van der Waals surface area contributed by atoms with Crippen molar-refractivity contribution >= 4 is 17.4 Å². The van der Waals surface area contributed by atoms with E-state index in [2.05, 4.69) is 9.97 Å². The van der Waals surface area contributed by atoms with Crippen LogP contribution >= 0.6 is 0 Å². The van der Waals surface area contributed by atoms with E-state index in [1.807, 2.05) is 0 Å². The molecule has 2 heterocycles. The van der Waals surface area contributed by atoms with Crippen LogP contribution in [0.2, 0.25) is 0 Å². The molecule has 16 heavy (non-hydrogen) atoms. The summed E-state index contributed by atoms with van der Waals surface area (Å²) >= 11 is 0. The summed E-state index contributed by atoms with van der Waals surface area (Å²) in [4.78, 5) is 32.5. The van der Waals surface area contributed by atoms with E-state index in [4.69, 9.17) is 5.73 Å². The molecule has 0 spiro atoms. The van der Waals surface area contributed by atoms with Gasteiger partial charge in [0.15, 0.2) is 5.82 Å². The Bertz CT molecular complexity index is 469. The fourth-order valence-electron chi connectivity index (χ4n) is 1.59. The minimum absolute atomic E-state index is 0.00673. The molecule has 1 saturated heterocycles. The summed E-state index contributed by atoms with van der Waals surface area (Å²) in [5, 5.41) is 0. The van der Waals surface area contributed by atoms with E-state index in [9.17, 15) is 9.59 Å². The summed E-state index contributed by atoms with van der Waals surface area (Å²) in [6.45, 7) is 1.44. The van der Waals surface area contributed by atoms with E-state index >= 15 is 0 Å². The van der Waals surface area contributed by atoms with Crippen molar-refractivity contribution in [2.45, 2.75) is 0 Å². The fraction of sp³-hybridized carbons (Fsp3) is 0.444. The van der Waals surface area contributed by atoms with Gasteiger partial charge in [-0.25, -0.2) is 4.98 Å². The number of anilines is 2. The summed E-state index contributed by atoms with van der Waals surface area (Å²) in [6.07, 6.45) is 1.29. The molecule has 1 fully saturated rings. The highest BCUT2D eigenvalue weighted by molar-refractivity contribution is 5.83. The number of nitrogen functional groups attached to an aromatic ring is 1. The predicted molar refractivity (Wildman–Crippen MR) is 59.1 cm³/mol. The molecule has 0 bridgehead atoms. The molecule has 7 nitrogen and oxygen atoms in total. The average Bonchev–Trinajstić information content (AvgIpc) is 2.26. The van der Waals surface area contributed by atoms with Crippen molar-refractivity contribution in [3.63, 3.8) is 0 Å². The van der Waals surface area contributed by atoms with Gasteiger partial charge in [-0.2, -0.15) is 0 Å². The Balaban J connectivity index is 2.29. The molecule has 3 N–H and O–H groups in total. The van der Waals surface area contributed by atoms with Gasteiger partial charge in [-0.05, 0) is 0 Å². The van der Waals surface area contributed by atoms with Crippen molar-refractivity contribution in [2.75, 3.05) is 37.3 Å². The first kappa shape index (κ1) is 10.5. The SMILES string of the molecule is CN1CCN(c2nc[nH]c(=O)c2N)CC1=O. The van der Waals surface area contributed by atoms with Gasteiger partial charge in [-0.1, -0.05) is 0 Å². The third kappa shape index (κ3) is 1.71. The third-order valence-electron chi connectivity index (χ3n) is 2.62. The van der Waals surface area contributed by atoms with E-state index in [1.54, 1.807) is 16.8 Å². The van der Waals surface area contributed by atoms with Gasteiger partial charge in [0.05, 0.1) is 12.9 Å². The number of rotatable bonds is 1. The molecule has 86 valence electrons. The maximum Gasteiger partial charge on any atom is 0.276 e. The minimum Gasteiger partial charge on any atom is -0.391 e. The normalized spacial score (nSPS) is 16.7. The Morgan fingerprint density at radius 1 is 1.44 bits per heavy atom. The molecule has 1 amide bonds. The molecule has 0 aliphatic carbocycles. The highest BCUT2D eigenvalue weighted by Gasteiger charge is 2.23. The molecule has 0 saturated carbocycles. The Morgan fingerprint density at radius 2 is 2.19 bits per heavy atom. The monoisotopic (exact) mass is 223 g/mol. The fourth-order valence-corrected chi connectivity index (χ4v) is 1.59. The van der Waals surface area contributed by atoms with Crippen LogP contribution in [0, 0.1) is 0 Å². The maximum absolute atomic E-state index is 11.5. The Labute approximate surface area is 91.9 Å². The van der Waals surface area contributed by atoms with Crippen LogP contribution in [0.4, 0.5) is 11.5 Å².